The van der Waals surface area contributed by atoms with Gasteiger partial charge in [-0.3, -0.25) is 14.5 Å². The predicted octanol–water partition coefficient (Wildman–Crippen LogP) is 6.15. The summed E-state index contributed by atoms with van der Waals surface area (Å²) >= 11 is 0.935. The molecule has 1 saturated heterocycles. The van der Waals surface area contributed by atoms with Gasteiger partial charge in [-0.1, -0.05) is 36.4 Å². The van der Waals surface area contributed by atoms with Crippen LogP contribution in [0.5, 0.6) is 5.75 Å². The van der Waals surface area contributed by atoms with E-state index >= 15 is 0 Å². The fourth-order valence-corrected chi connectivity index (χ4v) is 5.45. The highest BCUT2D eigenvalue weighted by Crippen LogP contribution is 2.34. The monoisotopic (exact) mass is 526 g/mol. The van der Waals surface area contributed by atoms with Crippen molar-refractivity contribution in [2.24, 2.45) is 0 Å². The van der Waals surface area contributed by atoms with Crippen molar-refractivity contribution in [3.8, 4) is 11.4 Å². The summed E-state index contributed by atoms with van der Waals surface area (Å²) in [6, 6.07) is 22.8. The number of aryl methyl sites for hydroxylation is 1. The molecule has 2 heterocycles. The number of nitrogens with zero attached hydrogens (tertiary/aromatic N) is 2. The van der Waals surface area contributed by atoms with Crippen molar-refractivity contribution in [1.29, 1.82) is 0 Å². The number of ether oxygens (including phenoxy) is 2. The van der Waals surface area contributed by atoms with Gasteiger partial charge in [-0.15, -0.1) is 0 Å². The Morgan fingerprint density at radius 3 is 2.47 bits per heavy atom. The average Bonchev–Trinajstić information content (AvgIpc) is 3.36. The molecule has 0 bridgehead atoms. The van der Waals surface area contributed by atoms with Crippen LogP contribution in [0.1, 0.15) is 27.3 Å². The molecule has 1 fully saturated rings. The van der Waals surface area contributed by atoms with Gasteiger partial charge in [0.15, 0.2) is 0 Å². The Balaban J connectivity index is 1.30. The fraction of sp³-hybridized carbons (Fsp3) is 0.167. The zero-order valence-corrected chi connectivity index (χ0v) is 22.1. The molecule has 0 saturated carbocycles. The van der Waals surface area contributed by atoms with Gasteiger partial charge in [0.1, 0.15) is 12.4 Å². The summed E-state index contributed by atoms with van der Waals surface area (Å²) < 4.78 is 12.8. The van der Waals surface area contributed by atoms with Crippen LogP contribution >= 0.6 is 11.8 Å². The number of aromatic nitrogens is 1. The first kappa shape index (κ1) is 25.4. The van der Waals surface area contributed by atoms with Crippen LogP contribution in [-0.2, 0) is 9.53 Å². The Kier molecular flexibility index (Phi) is 7.07. The first-order valence-electron chi connectivity index (χ1n) is 12.1. The molecule has 38 heavy (non-hydrogen) atoms. The van der Waals surface area contributed by atoms with Crippen molar-refractivity contribution in [2.45, 2.75) is 13.8 Å². The number of fused-ring (bicyclic) bond motifs is 1. The number of benzene rings is 3. The normalized spacial score (nSPS) is 14.5. The van der Waals surface area contributed by atoms with E-state index in [1.54, 1.807) is 18.2 Å². The molecule has 0 spiro atoms. The Morgan fingerprint density at radius 2 is 1.71 bits per heavy atom. The van der Waals surface area contributed by atoms with Crippen molar-refractivity contribution < 1.29 is 23.9 Å². The van der Waals surface area contributed by atoms with Crippen LogP contribution in [0.15, 0.2) is 77.7 Å². The molecule has 3 aromatic carbocycles. The molecule has 0 aliphatic carbocycles. The molecule has 2 amide bonds. The highest BCUT2D eigenvalue weighted by atomic mass is 32.2. The second-order valence-electron chi connectivity index (χ2n) is 8.86. The molecule has 7 nitrogen and oxygen atoms in total. The molecule has 8 heteroatoms. The van der Waals surface area contributed by atoms with E-state index < -0.39 is 5.97 Å². The number of hydrogen-bond donors (Lipinski definition) is 0. The van der Waals surface area contributed by atoms with E-state index in [0.717, 1.165) is 50.9 Å². The van der Waals surface area contributed by atoms with Crippen LogP contribution in [0.4, 0.5) is 4.79 Å². The summed E-state index contributed by atoms with van der Waals surface area (Å²) in [4.78, 5) is 39.1. The van der Waals surface area contributed by atoms with Gasteiger partial charge in [0.2, 0.25) is 0 Å². The maximum absolute atomic E-state index is 13.1. The van der Waals surface area contributed by atoms with E-state index in [4.69, 9.17) is 9.47 Å². The number of hydrogen-bond acceptors (Lipinski definition) is 6. The zero-order chi connectivity index (χ0) is 26.8. The number of thioether (sulfide) groups is 1. The molecule has 0 atom stereocenters. The number of methoxy groups -OCH3 is 1. The van der Waals surface area contributed by atoms with Gasteiger partial charge >= 0.3 is 5.97 Å². The molecule has 0 unspecified atom stereocenters. The van der Waals surface area contributed by atoms with Gasteiger partial charge in [0.05, 0.1) is 24.1 Å². The van der Waals surface area contributed by atoms with Crippen LogP contribution in [-0.4, -0.2) is 46.8 Å². The van der Waals surface area contributed by atoms with Crippen molar-refractivity contribution in [2.75, 3.05) is 20.3 Å². The Labute approximate surface area is 224 Å². The Morgan fingerprint density at radius 1 is 0.974 bits per heavy atom. The topological polar surface area (TPSA) is 77.8 Å². The van der Waals surface area contributed by atoms with E-state index in [-0.39, 0.29) is 24.3 Å². The lowest BCUT2D eigenvalue weighted by atomic mass is 10.1. The maximum atomic E-state index is 13.1. The van der Waals surface area contributed by atoms with E-state index in [2.05, 4.69) is 0 Å². The van der Waals surface area contributed by atoms with Crippen LogP contribution in [0.25, 0.3) is 22.5 Å². The second-order valence-corrected chi connectivity index (χ2v) is 9.85. The van der Waals surface area contributed by atoms with Crippen molar-refractivity contribution in [3.63, 3.8) is 0 Å². The SMILES string of the molecule is COC(=O)c1ccc(-n2c(C)cc(/C=C3\SC(=O)N(CCOc4cccc5ccccc45)C3=O)c2C)cc1. The number of esters is 1. The first-order chi connectivity index (χ1) is 18.4. The van der Waals surface area contributed by atoms with Gasteiger partial charge in [-0.05, 0) is 79.0 Å². The summed E-state index contributed by atoms with van der Waals surface area (Å²) in [5, 5.41) is 1.74. The minimum absolute atomic E-state index is 0.163. The van der Waals surface area contributed by atoms with E-state index in [9.17, 15) is 14.4 Å². The van der Waals surface area contributed by atoms with Crippen LogP contribution < -0.4 is 4.74 Å². The van der Waals surface area contributed by atoms with Gasteiger partial charge in [0.25, 0.3) is 11.1 Å². The molecular weight excluding hydrogens is 500 g/mol. The summed E-state index contributed by atoms with van der Waals surface area (Å²) in [6.45, 7) is 4.29. The molecule has 1 aliphatic heterocycles. The van der Waals surface area contributed by atoms with Crippen LogP contribution in [0, 0.1) is 13.8 Å². The minimum atomic E-state index is -0.392. The van der Waals surface area contributed by atoms with Crippen LogP contribution in [0.3, 0.4) is 0 Å². The summed E-state index contributed by atoms with van der Waals surface area (Å²) in [5.74, 6) is 0.00265. The Hall–Kier alpha value is -4.30. The second kappa shape index (κ2) is 10.6. The highest BCUT2D eigenvalue weighted by molar-refractivity contribution is 8.18. The van der Waals surface area contributed by atoms with Crippen LogP contribution in [0.2, 0.25) is 0 Å². The van der Waals surface area contributed by atoms with E-state index in [1.165, 1.54) is 12.0 Å². The van der Waals surface area contributed by atoms with Gasteiger partial charge in [-0.25, -0.2) is 4.79 Å². The number of carbonyl (C=O) groups is 3. The fourth-order valence-electron chi connectivity index (χ4n) is 4.60. The zero-order valence-electron chi connectivity index (χ0n) is 21.3. The summed E-state index contributed by atoms with van der Waals surface area (Å²) in [7, 11) is 1.35. The number of rotatable bonds is 7. The van der Waals surface area contributed by atoms with Gasteiger partial charge < -0.3 is 14.0 Å². The van der Waals surface area contributed by atoms with Crippen molar-refractivity contribution >= 4 is 45.7 Å². The standard InChI is InChI=1S/C30H26N2O5S/c1-19-17-23(20(2)32(19)24-13-11-22(12-14-24)29(34)36-3)18-27-28(33)31(30(35)38-27)15-16-37-26-10-6-8-21-7-4-5-9-25(21)26/h4-14,17-18H,15-16H2,1-3H3/b27-18-. The smallest absolute Gasteiger partial charge is 0.337 e. The molecule has 4 aromatic rings. The summed E-state index contributed by atoms with van der Waals surface area (Å²) in [6.07, 6.45) is 1.76. The molecule has 0 radical (unpaired) electrons. The first-order valence-corrected chi connectivity index (χ1v) is 12.9. The van der Waals surface area contributed by atoms with Gasteiger partial charge in [0, 0.05) is 22.5 Å². The molecule has 1 aromatic heterocycles. The van der Waals surface area contributed by atoms with E-state index in [1.807, 2.05) is 79.1 Å². The number of imide groups is 1. The maximum Gasteiger partial charge on any atom is 0.337 e. The summed E-state index contributed by atoms with van der Waals surface area (Å²) in [5.41, 5.74) is 4.07. The van der Waals surface area contributed by atoms with Crippen molar-refractivity contribution in [1.82, 2.24) is 9.47 Å². The highest BCUT2D eigenvalue weighted by Gasteiger charge is 2.35. The average molecular weight is 527 g/mol. The molecule has 5 rings (SSSR count). The van der Waals surface area contributed by atoms with Crippen molar-refractivity contribution in [3.05, 3.63) is 100 Å². The Bertz CT molecular complexity index is 1580. The lowest BCUT2D eigenvalue weighted by Crippen LogP contribution is -2.32. The lowest BCUT2D eigenvalue weighted by Gasteiger charge is -2.14. The molecule has 0 N–H and O–H groups in total. The third-order valence-electron chi connectivity index (χ3n) is 6.50. The molecular formula is C30H26N2O5S. The molecule has 1 aliphatic rings. The largest absolute Gasteiger partial charge is 0.491 e. The van der Waals surface area contributed by atoms with Gasteiger partial charge in [-0.2, -0.15) is 0 Å². The van der Waals surface area contributed by atoms with E-state index in [0.29, 0.717) is 10.5 Å². The number of amides is 2. The predicted molar refractivity (Wildman–Crippen MR) is 149 cm³/mol. The quantitative estimate of drug-likeness (QED) is 0.212. The number of carbonyl (C=O) groups excluding carboxylic acids is 3. The molecule has 192 valence electrons. The minimum Gasteiger partial charge on any atom is -0.491 e. The lowest BCUT2D eigenvalue weighted by molar-refractivity contribution is -0.123. The third-order valence-corrected chi connectivity index (χ3v) is 7.41. The third kappa shape index (κ3) is 4.82.